The third kappa shape index (κ3) is 4.44. The number of nitrogens with zero attached hydrogens (tertiary/aromatic N) is 2. The van der Waals surface area contributed by atoms with Gasteiger partial charge < -0.3 is 20.2 Å². The summed E-state index contributed by atoms with van der Waals surface area (Å²) in [6, 6.07) is 4.45. The van der Waals surface area contributed by atoms with Crippen molar-refractivity contribution in [3.63, 3.8) is 0 Å². The predicted octanol–water partition coefficient (Wildman–Crippen LogP) is 2.32. The maximum Gasteiger partial charge on any atom is 0.335 e. The Balaban J connectivity index is 2.07. The summed E-state index contributed by atoms with van der Waals surface area (Å²) >= 11 is 3.25. The Morgan fingerprint density at radius 1 is 1.19 bits per heavy atom. The fourth-order valence-corrected chi connectivity index (χ4v) is 2.73. The van der Waals surface area contributed by atoms with Crippen LogP contribution in [0.1, 0.15) is 16.8 Å². The molecule has 1 aromatic rings. The lowest BCUT2D eigenvalue weighted by molar-refractivity contribution is 0.0696. The van der Waals surface area contributed by atoms with Gasteiger partial charge in [-0.3, -0.25) is 0 Å². The number of carbonyl (C=O) groups is 2. The van der Waals surface area contributed by atoms with Gasteiger partial charge in [0.15, 0.2) is 0 Å². The van der Waals surface area contributed by atoms with Crippen LogP contribution in [0.2, 0.25) is 0 Å². The first kappa shape index (κ1) is 15.8. The average Bonchev–Trinajstić information content (AvgIpc) is 2.62. The normalized spacial score (nSPS) is 16.4. The standard InChI is InChI=1S/C14H18BrN3O3/c1-17-3-2-4-18(6-5-17)14(21)16-12-8-10(13(19)20)7-11(15)9-12/h7-9H,2-6H2,1H3,(H,16,21)(H,19,20). The molecule has 2 amide bonds. The average molecular weight is 356 g/mol. The van der Waals surface area contributed by atoms with Crippen LogP contribution in [-0.4, -0.2) is 60.1 Å². The number of amides is 2. The molecule has 0 unspecified atom stereocenters. The highest BCUT2D eigenvalue weighted by Crippen LogP contribution is 2.20. The van der Waals surface area contributed by atoms with Gasteiger partial charge in [-0.1, -0.05) is 15.9 Å². The summed E-state index contributed by atoms with van der Waals surface area (Å²) in [7, 11) is 2.04. The van der Waals surface area contributed by atoms with Gasteiger partial charge in [-0.15, -0.1) is 0 Å². The molecule has 6 nitrogen and oxygen atoms in total. The number of carbonyl (C=O) groups excluding carboxylic acids is 1. The lowest BCUT2D eigenvalue weighted by atomic mass is 10.2. The fraction of sp³-hybridized carbons (Fsp3) is 0.429. The van der Waals surface area contributed by atoms with E-state index >= 15 is 0 Å². The Labute approximate surface area is 131 Å². The predicted molar refractivity (Wildman–Crippen MR) is 83.8 cm³/mol. The minimum atomic E-state index is -1.02. The highest BCUT2D eigenvalue weighted by molar-refractivity contribution is 9.10. The molecular weight excluding hydrogens is 338 g/mol. The second kappa shape index (κ2) is 6.91. The Morgan fingerprint density at radius 2 is 1.95 bits per heavy atom. The Kier molecular flexibility index (Phi) is 5.19. The van der Waals surface area contributed by atoms with Crippen LogP contribution in [0.15, 0.2) is 22.7 Å². The Bertz CT molecular complexity index is 550. The van der Waals surface area contributed by atoms with Crippen molar-refractivity contribution in [1.82, 2.24) is 9.80 Å². The second-order valence-corrected chi connectivity index (χ2v) is 6.02. The molecule has 7 heteroatoms. The van der Waals surface area contributed by atoms with Gasteiger partial charge in [0.05, 0.1) is 5.56 Å². The van der Waals surface area contributed by atoms with Gasteiger partial charge in [-0.2, -0.15) is 0 Å². The number of benzene rings is 1. The minimum Gasteiger partial charge on any atom is -0.478 e. The molecule has 0 spiro atoms. The van der Waals surface area contributed by atoms with E-state index < -0.39 is 5.97 Å². The first-order valence-electron chi connectivity index (χ1n) is 6.74. The fourth-order valence-electron chi connectivity index (χ4n) is 2.24. The van der Waals surface area contributed by atoms with Crippen molar-refractivity contribution in [3.05, 3.63) is 28.2 Å². The zero-order valence-corrected chi connectivity index (χ0v) is 13.4. The molecule has 1 aromatic carbocycles. The van der Waals surface area contributed by atoms with E-state index in [0.29, 0.717) is 23.2 Å². The third-order valence-electron chi connectivity index (χ3n) is 3.40. The highest BCUT2D eigenvalue weighted by atomic mass is 79.9. The Hall–Kier alpha value is -1.60. The number of halogens is 1. The zero-order valence-electron chi connectivity index (χ0n) is 11.8. The van der Waals surface area contributed by atoms with Gasteiger partial charge in [-0.05, 0) is 38.2 Å². The monoisotopic (exact) mass is 355 g/mol. The van der Waals surface area contributed by atoms with Crippen molar-refractivity contribution in [2.24, 2.45) is 0 Å². The lowest BCUT2D eigenvalue weighted by Crippen LogP contribution is -2.37. The molecule has 1 fully saturated rings. The van der Waals surface area contributed by atoms with Crippen molar-refractivity contribution >= 4 is 33.6 Å². The molecule has 0 radical (unpaired) electrons. The maximum atomic E-state index is 12.3. The van der Waals surface area contributed by atoms with Gasteiger partial charge in [0.1, 0.15) is 0 Å². The van der Waals surface area contributed by atoms with E-state index in [-0.39, 0.29) is 11.6 Å². The number of nitrogens with one attached hydrogen (secondary N) is 1. The quantitative estimate of drug-likeness (QED) is 0.853. The van der Waals surface area contributed by atoms with Gasteiger partial charge >= 0.3 is 12.0 Å². The lowest BCUT2D eigenvalue weighted by Gasteiger charge is -2.21. The number of aromatic carboxylic acids is 1. The maximum absolute atomic E-state index is 12.3. The number of anilines is 1. The van der Waals surface area contributed by atoms with Crippen LogP contribution in [0.3, 0.4) is 0 Å². The number of carboxylic acids is 1. The number of likely N-dealkylation sites (N-methyl/N-ethyl adjacent to an activating group) is 1. The van der Waals surface area contributed by atoms with E-state index in [4.69, 9.17) is 5.11 Å². The van der Waals surface area contributed by atoms with E-state index in [0.717, 1.165) is 19.5 Å². The van der Waals surface area contributed by atoms with Crippen molar-refractivity contribution in [1.29, 1.82) is 0 Å². The molecule has 0 aliphatic carbocycles. The number of hydrogen-bond donors (Lipinski definition) is 2. The zero-order chi connectivity index (χ0) is 15.4. The molecule has 1 aliphatic heterocycles. The third-order valence-corrected chi connectivity index (χ3v) is 3.86. The number of carboxylic acid groups (broad SMARTS) is 1. The van der Waals surface area contributed by atoms with Crippen molar-refractivity contribution in [3.8, 4) is 0 Å². The summed E-state index contributed by atoms with van der Waals surface area (Å²) in [5.74, 6) is -1.02. The van der Waals surface area contributed by atoms with Crippen molar-refractivity contribution < 1.29 is 14.7 Å². The van der Waals surface area contributed by atoms with Gasteiger partial charge in [0, 0.05) is 29.8 Å². The van der Waals surface area contributed by atoms with E-state index in [1.54, 1.807) is 11.0 Å². The van der Waals surface area contributed by atoms with E-state index in [1.807, 2.05) is 7.05 Å². The Morgan fingerprint density at radius 3 is 2.67 bits per heavy atom. The van der Waals surface area contributed by atoms with Crippen molar-refractivity contribution in [2.75, 3.05) is 38.5 Å². The van der Waals surface area contributed by atoms with Gasteiger partial charge in [-0.25, -0.2) is 9.59 Å². The molecular formula is C14H18BrN3O3. The van der Waals surface area contributed by atoms with Gasteiger partial charge in [0.2, 0.25) is 0 Å². The molecule has 1 heterocycles. The van der Waals surface area contributed by atoms with Crippen LogP contribution >= 0.6 is 15.9 Å². The summed E-state index contributed by atoms with van der Waals surface area (Å²) in [6.45, 7) is 3.19. The van der Waals surface area contributed by atoms with Crippen LogP contribution in [0.5, 0.6) is 0 Å². The topological polar surface area (TPSA) is 72.9 Å². The van der Waals surface area contributed by atoms with Crippen molar-refractivity contribution in [2.45, 2.75) is 6.42 Å². The van der Waals surface area contributed by atoms with Crippen LogP contribution in [-0.2, 0) is 0 Å². The molecule has 1 aliphatic rings. The van der Waals surface area contributed by atoms with Crippen LogP contribution < -0.4 is 5.32 Å². The minimum absolute atomic E-state index is 0.135. The highest BCUT2D eigenvalue weighted by Gasteiger charge is 2.18. The molecule has 2 rings (SSSR count). The molecule has 2 N–H and O–H groups in total. The summed E-state index contributed by atoms with van der Waals surface area (Å²) in [6.07, 6.45) is 0.933. The summed E-state index contributed by atoms with van der Waals surface area (Å²) in [5.41, 5.74) is 0.611. The SMILES string of the molecule is CN1CCCN(C(=O)Nc2cc(Br)cc(C(=O)O)c2)CC1. The first-order valence-corrected chi connectivity index (χ1v) is 7.53. The molecule has 1 saturated heterocycles. The number of hydrogen-bond acceptors (Lipinski definition) is 3. The molecule has 0 bridgehead atoms. The van der Waals surface area contributed by atoms with E-state index in [9.17, 15) is 9.59 Å². The number of rotatable bonds is 2. The summed E-state index contributed by atoms with van der Waals surface area (Å²) < 4.78 is 0.619. The largest absolute Gasteiger partial charge is 0.478 e. The molecule has 114 valence electrons. The molecule has 0 saturated carbocycles. The first-order chi connectivity index (χ1) is 9.95. The second-order valence-electron chi connectivity index (χ2n) is 5.11. The van der Waals surface area contributed by atoms with Crippen LogP contribution in [0.4, 0.5) is 10.5 Å². The molecule has 0 atom stereocenters. The smallest absolute Gasteiger partial charge is 0.335 e. The molecule has 0 aromatic heterocycles. The van der Waals surface area contributed by atoms with Gasteiger partial charge in [0.25, 0.3) is 0 Å². The summed E-state index contributed by atoms with van der Waals surface area (Å²) in [5, 5.41) is 11.8. The van der Waals surface area contributed by atoms with Crippen LogP contribution in [0.25, 0.3) is 0 Å². The van der Waals surface area contributed by atoms with E-state index in [2.05, 4.69) is 26.1 Å². The molecule has 21 heavy (non-hydrogen) atoms. The van der Waals surface area contributed by atoms with E-state index in [1.165, 1.54) is 12.1 Å². The van der Waals surface area contributed by atoms with Crippen LogP contribution in [0, 0.1) is 0 Å². The number of urea groups is 1. The summed E-state index contributed by atoms with van der Waals surface area (Å²) in [4.78, 5) is 27.2.